The maximum atomic E-state index is 12.4. The molecule has 0 atom stereocenters. The number of rotatable bonds is 5. The van der Waals surface area contributed by atoms with Gasteiger partial charge in [-0.15, -0.1) is 0 Å². The van der Waals surface area contributed by atoms with Crippen molar-refractivity contribution in [3.63, 3.8) is 0 Å². The molecular formula is C22H30N2O3. The van der Waals surface area contributed by atoms with Gasteiger partial charge in [0.25, 0.3) is 0 Å². The van der Waals surface area contributed by atoms with E-state index >= 15 is 0 Å². The number of nitrogens with one attached hydrogen (secondary N) is 2. The molecule has 1 fully saturated rings. The quantitative estimate of drug-likeness (QED) is 0.536. The first kappa shape index (κ1) is 22.2. The molecule has 2 aromatic carbocycles. The maximum absolute atomic E-state index is 12.4. The molecule has 0 saturated heterocycles. The summed E-state index contributed by atoms with van der Waals surface area (Å²) in [6.07, 6.45) is 1.11. The van der Waals surface area contributed by atoms with Gasteiger partial charge in [0, 0.05) is 12.2 Å². The molecule has 3 N–H and O–H groups in total. The normalized spacial score (nSPS) is 13.0. The second-order valence-corrected chi connectivity index (χ2v) is 5.75. The van der Waals surface area contributed by atoms with Crippen LogP contribution < -0.4 is 10.6 Å². The minimum absolute atomic E-state index is 0.129. The Hall–Kier alpha value is -2.82. The Morgan fingerprint density at radius 2 is 1.44 bits per heavy atom. The van der Waals surface area contributed by atoms with Gasteiger partial charge in [0.15, 0.2) is 0 Å². The van der Waals surface area contributed by atoms with Gasteiger partial charge < -0.3 is 15.7 Å². The lowest BCUT2D eigenvalue weighted by atomic mass is 10.0. The predicted molar refractivity (Wildman–Crippen MR) is 109 cm³/mol. The number of benzene rings is 2. The van der Waals surface area contributed by atoms with E-state index < -0.39 is 5.41 Å². The van der Waals surface area contributed by atoms with Crippen molar-refractivity contribution in [1.29, 1.82) is 0 Å². The van der Waals surface area contributed by atoms with Crippen LogP contribution in [-0.4, -0.2) is 16.9 Å². The van der Waals surface area contributed by atoms with Crippen molar-refractivity contribution in [2.75, 3.05) is 5.32 Å². The Kier molecular flexibility index (Phi) is 9.06. The fourth-order valence-electron chi connectivity index (χ4n) is 2.43. The molecule has 1 aliphatic rings. The van der Waals surface area contributed by atoms with E-state index in [0.29, 0.717) is 25.1 Å². The van der Waals surface area contributed by atoms with Crippen LogP contribution in [0.4, 0.5) is 5.69 Å². The van der Waals surface area contributed by atoms with Crippen LogP contribution in [-0.2, 0) is 16.1 Å². The van der Waals surface area contributed by atoms with E-state index in [-0.39, 0.29) is 17.6 Å². The number of amides is 2. The third-order valence-electron chi connectivity index (χ3n) is 4.04. The topological polar surface area (TPSA) is 78.4 Å². The number of phenolic OH excluding ortho intramolecular Hbond substituents is 1. The average molecular weight is 370 g/mol. The van der Waals surface area contributed by atoms with E-state index in [1.54, 1.807) is 12.1 Å². The summed E-state index contributed by atoms with van der Waals surface area (Å²) >= 11 is 0. The van der Waals surface area contributed by atoms with Crippen molar-refractivity contribution in [3.05, 3.63) is 60.2 Å². The highest BCUT2D eigenvalue weighted by Crippen LogP contribution is 2.46. The molecule has 0 unspecified atom stereocenters. The van der Waals surface area contributed by atoms with Gasteiger partial charge in [0.1, 0.15) is 11.2 Å². The van der Waals surface area contributed by atoms with Gasteiger partial charge >= 0.3 is 0 Å². The molecule has 5 heteroatoms. The van der Waals surface area contributed by atoms with Gasteiger partial charge in [-0.3, -0.25) is 9.59 Å². The molecule has 0 aliphatic heterocycles. The largest absolute Gasteiger partial charge is 0.508 e. The molecule has 27 heavy (non-hydrogen) atoms. The van der Waals surface area contributed by atoms with Gasteiger partial charge in [0.05, 0.1) is 0 Å². The molecule has 0 heterocycles. The van der Waals surface area contributed by atoms with Crippen molar-refractivity contribution < 1.29 is 14.7 Å². The lowest BCUT2D eigenvalue weighted by Gasteiger charge is -2.15. The Morgan fingerprint density at radius 3 is 1.96 bits per heavy atom. The van der Waals surface area contributed by atoms with E-state index in [1.165, 1.54) is 12.1 Å². The molecule has 0 spiro atoms. The lowest BCUT2D eigenvalue weighted by molar-refractivity contribution is -0.134. The number of hydrogen-bond acceptors (Lipinski definition) is 3. The molecule has 2 aromatic rings. The maximum Gasteiger partial charge on any atom is 0.240 e. The second kappa shape index (κ2) is 11.0. The van der Waals surface area contributed by atoms with Crippen LogP contribution in [0.15, 0.2) is 54.6 Å². The van der Waals surface area contributed by atoms with Crippen LogP contribution in [0.2, 0.25) is 0 Å². The van der Waals surface area contributed by atoms with Crippen LogP contribution in [0, 0.1) is 5.41 Å². The molecular weight excluding hydrogens is 340 g/mol. The summed E-state index contributed by atoms with van der Waals surface area (Å²) in [6.45, 7) is 8.41. The summed E-state index contributed by atoms with van der Waals surface area (Å²) in [5.41, 5.74) is 0.595. The fraction of sp³-hybridized carbons (Fsp3) is 0.364. The summed E-state index contributed by atoms with van der Waals surface area (Å²) in [5, 5.41) is 14.8. The minimum atomic E-state index is -0.966. The minimum Gasteiger partial charge on any atom is -0.508 e. The summed E-state index contributed by atoms with van der Waals surface area (Å²) in [4.78, 5) is 24.8. The third-order valence-corrected chi connectivity index (χ3v) is 4.04. The van der Waals surface area contributed by atoms with E-state index in [9.17, 15) is 14.7 Å². The van der Waals surface area contributed by atoms with E-state index in [2.05, 4.69) is 10.6 Å². The number of anilines is 1. The SMILES string of the molecule is CC.CC.O=C(NCc1ccccc1)C1(C(=O)Nc2ccc(O)cc2)CC1. The van der Waals surface area contributed by atoms with Crippen molar-refractivity contribution >= 4 is 17.5 Å². The molecule has 1 aliphatic carbocycles. The Balaban J connectivity index is 0.000000855. The first-order valence-electron chi connectivity index (χ1n) is 9.53. The fourth-order valence-corrected chi connectivity index (χ4v) is 2.43. The predicted octanol–water partition coefficient (Wildman–Crippen LogP) is 4.48. The number of carbonyl (C=O) groups is 2. The number of hydrogen-bond donors (Lipinski definition) is 3. The standard InChI is InChI=1S/C18H18N2O3.2C2H6/c21-15-8-6-14(7-9-15)20-17(23)18(10-11-18)16(22)19-12-13-4-2-1-3-5-13;2*1-2/h1-9,21H,10-12H2,(H,19,22)(H,20,23);2*1-2H3. The van der Waals surface area contributed by atoms with Gasteiger partial charge in [-0.05, 0) is 42.7 Å². The third kappa shape index (κ3) is 6.13. The van der Waals surface area contributed by atoms with Crippen molar-refractivity contribution in [2.45, 2.75) is 47.1 Å². The average Bonchev–Trinajstić information content (AvgIpc) is 3.54. The zero-order valence-corrected chi connectivity index (χ0v) is 16.6. The van der Waals surface area contributed by atoms with Crippen LogP contribution >= 0.6 is 0 Å². The van der Waals surface area contributed by atoms with E-state index in [0.717, 1.165) is 5.56 Å². The monoisotopic (exact) mass is 370 g/mol. The number of aromatic hydroxyl groups is 1. The first-order valence-corrected chi connectivity index (χ1v) is 9.53. The van der Waals surface area contributed by atoms with E-state index in [1.807, 2.05) is 58.0 Å². The van der Waals surface area contributed by atoms with Crippen molar-refractivity contribution in [2.24, 2.45) is 5.41 Å². The van der Waals surface area contributed by atoms with Crippen LogP contribution in [0.3, 0.4) is 0 Å². The van der Waals surface area contributed by atoms with Crippen LogP contribution in [0.25, 0.3) is 0 Å². The van der Waals surface area contributed by atoms with Crippen LogP contribution in [0.1, 0.15) is 46.1 Å². The smallest absolute Gasteiger partial charge is 0.240 e. The van der Waals surface area contributed by atoms with Crippen molar-refractivity contribution in [1.82, 2.24) is 5.32 Å². The van der Waals surface area contributed by atoms with Crippen molar-refractivity contribution in [3.8, 4) is 5.75 Å². The molecule has 0 aromatic heterocycles. The zero-order valence-electron chi connectivity index (χ0n) is 16.6. The molecule has 146 valence electrons. The van der Waals surface area contributed by atoms with Gasteiger partial charge in [-0.25, -0.2) is 0 Å². The Morgan fingerprint density at radius 1 is 0.889 bits per heavy atom. The highest BCUT2D eigenvalue weighted by Gasteiger charge is 2.56. The summed E-state index contributed by atoms with van der Waals surface area (Å²) in [6, 6.07) is 15.8. The second-order valence-electron chi connectivity index (χ2n) is 5.75. The molecule has 0 bridgehead atoms. The molecule has 3 rings (SSSR count). The van der Waals surface area contributed by atoms with Gasteiger partial charge in [0.2, 0.25) is 11.8 Å². The Bertz CT molecular complexity index is 708. The summed E-state index contributed by atoms with van der Waals surface area (Å²) in [7, 11) is 0. The lowest BCUT2D eigenvalue weighted by Crippen LogP contribution is -2.39. The highest BCUT2D eigenvalue weighted by atomic mass is 16.3. The van der Waals surface area contributed by atoms with Gasteiger partial charge in [-0.2, -0.15) is 0 Å². The van der Waals surface area contributed by atoms with Gasteiger partial charge in [-0.1, -0.05) is 58.0 Å². The number of phenols is 1. The molecule has 1 saturated carbocycles. The summed E-state index contributed by atoms with van der Waals surface area (Å²) < 4.78 is 0. The van der Waals surface area contributed by atoms with Crippen LogP contribution in [0.5, 0.6) is 5.75 Å². The summed E-state index contributed by atoms with van der Waals surface area (Å²) in [5.74, 6) is -0.406. The molecule has 0 radical (unpaired) electrons. The Labute approximate surface area is 161 Å². The zero-order chi connectivity index (χ0) is 20.3. The molecule has 5 nitrogen and oxygen atoms in total. The number of carbonyl (C=O) groups excluding carboxylic acids is 2. The first-order chi connectivity index (χ1) is 13.1. The highest BCUT2D eigenvalue weighted by molar-refractivity contribution is 6.13. The van der Waals surface area contributed by atoms with E-state index in [4.69, 9.17) is 0 Å². The molecule has 2 amide bonds.